The van der Waals surface area contributed by atoms with E-state index in [-0.39, 0.29) is 6.61 Å². The van der Waals surface area contributed by atoms with Gasteiger partial charge in [-0.3, -0.25) is 0 Å². The van der Waals surface area contributed by atoms with Crippen LogP contribution in [0.25, 0.3) is 0 Å². The van der Waals surface area contributed by atoms with Crippen molar-refractivity contribution in [2.75, 3.05) is 6.61 Å². The Morgan fingerprint density at radius 1 is 1.73 bits per heavy atom. The molecule has 0 aromatic carbocycles. The van der Waals surface area contributed by atoms with Gasteiger partial charge in [-0.15, -0.1) is 0 Å². The molecule has 1 heterocycles. The van der Waals surface area contributed by atoms with Crippen LogP contribution in [-0.4, -0.2) is 26.5 Å². The van der Waals surface area contributed by atoms with E-state index in [9.17, 15) is 0 Å². The maximum Gasteiger partial charge on any atom is 0.203 e. The molecule has 0 radical (unpaired) electrons. The number of aliphatic hydroxyl groups excluding tert-OH is 1. The highest BCUT2D eigenvalue weighted by Gasteiger charge is 1.95. The van der Waals surface area contributed by atoms with Gasteiger partial charge < -0.3 is 5.11 Å². The van der Waals surface area contributed by atoms with Crippen LogP contribution < -0.4 is 0 Å². The van der Waals surface area contributed by atoms with E-state index in [1.807, 2.05) is 6.92 Å². The number of hydrogen-bond donors (Lipinski definition) is 1. The molecule has 0 unspecified atom stereocenters. The lowest BCUT2D eigenvalue weighted by atomic mass is 10.5. The summed E-state index contributed by atoms with van der Waals surface area (Å²) in [4.78, 5) is 3.89. The zero-order chi connectivity index (χ0) is 8.10. The fourth-order valence-corrected chi connectivity index (χ4v) is 0.711. The molecule has 0 bridgehead atoms. The zero-order valence-corrected chi connectivity index (χ0v) is 6.28. The molecule has 4 heteroatoms. The van der Waals surface area contributed by atoms with Crippen molar-refractivity contribution in [3.8, 4) is 11.8 Å². The first kappa shape index (κ1) is 7.76. The van der Waals surface area contributed by atoms with E-state index in [1.54, 1.807) is 4.68 Å². The van der Waals surface area contributed by atoms with Gasteiger partial charge in [0.2, 0.25) is 5.82 Å². The topological polar surface area (TPSA) is 50.9 Å². The summed E-state index contributed by atoms with van der Waals surface area (Å²) in [6.45, 7) is 2.56. The third-order valence-corrected chi connectivity index (χ3v) is 1.19. The Balaban J connectivity index is 2.84. The predicted molar refractivity (Wildman–Crippen MR) is 39.7 cm³/mol. The third kappa shape index (κ3) is 1.79. The molecule has 0 fully saturated rings. The smallest absolute Gasteiger partial charge is 0.203 e. The summed E-state index contributed by atoms with van der Waals surface area (Å²) in [6, 6.07) is 0. The molecule has 1 aromatic heterocycles. The maximum absolute atomic E-state index is 8.40. The van der Waals surface area contributed by atoms with Crippen LogP contribution in [0.15, 0.2) is 6.33 Å². The Kier molecular flexibility index (Phi) is 2.64. The number of aliphatic hydroxyl groups is 1. The van der Waals surface area contributed by atoms with Gasteiger partial charge in [-0.1, -0.05) is 5.92 Å². The zero-order valence-electron chi connectivity index (χ0n) is 6.28. The molecule has 0 saturated heterocycles. The van der Waals surface area contributed by atoms with Crippen LogP contribution in [-0.2, 0) is 6.54 Å². The minimum Gasteiger partial charge on any atom is -0.384 e. The first-order valence-corrected chi connectivity index (χ1v) is 3.36. The van der Waals surface area contributed by atoms with Crippen molar-refractivity contribution in [3.63, 3.8) is 0 Å². The average Bonchev–Trinajstić information content (AvgIpc) is 2.47. The summed E-state index contributed by atoms with van der Waals surface area (Å²) in [5, 5.41) is 12.3. The second-order valence-corrected chi connectivity index (χ2v) is 1.86. The van der Waals surface area contributed by atoms with E-state index in [0.717, 1.165) is 6.54 Å². The first-order valence-electron chi connectivity index (χ1n) is 3.36. The van der Waals surface area contributed by atoms with Gasteiger partial charge in [-0.2, -0.15) is 5.10 Å². The number of aromatic nitrogens is 3. The minimum absolute atomic E-state index is 0.142. The highest BCUT2D eigenvalue weighted by atomic mass is 16.2. The van der Waals surface area contributed by atoms with Crippen molar-refractivity contribution in [1.29, 1.82) is 0 Å². The Bertz CT molecular complexity index is 281. The van der Waals surface area contributed by atoms with E-state index in [4.69, 9.17) is 5.11 Å². The van der Waals surface area contributed by atoms with Crippen molar-refractivity contribution in [1.82, 2.24) is 14.8 Å². The molecular formula is C7H9N3O. The minimum atomic E-state index is -0.142. The van der Waals surface area contributed by atoms with Crippen LogP contribution >= 0.6 is 0 Å². The second kappa shape index (κ2) is 3.74. The van der Waals surface area contributed by atoms with Gasteiger partial charge in [-0.05, 0) is 12.8 Å². The quantitative estimate of drug-likeness (QED) is 0.558. The molecule has 1 aromatic rings. The molecule has 0 aliphatic carbocycles. The molecule has 1 N–H and O–H groups in total. The van der Waals surface area contributed by atoms with Crippen LogP contribution in [0.2, 0.25) is 0 Å². The van der Waals surface area contributed by atoms with Crippen LogP contribution in [0.3, 0.4) is 0 Å². The molecule has 0 saturated carbocycles. The predicted octanol–water partition coefficient (Wildman–Crippen LogP) is -0.358. The van der Waals surface area contributed by atoms with E-state index in [0.29, 0.717) is 5.82 Å². The summed E-state index contributed by atoms with van der Waals surface area (Å²) < 4.78 is 1.67. The summed E-state index contributed by atoms with van der Waals surface area (Å²) in [6.07, 6.45) is 1.45. The normalized spacial score (nSPS) is 8.91. The fourth-order valence-electron chi connectivity index (χ4n) is 0.711. The van der Waals surface area contributed by atoms with Gasteiger partial charge in [-0.25, -0.2) is 9.67 Å². The Morgan fingerprint density at radius 3 is 3.18 bits per heavy atom. The Labute approximate surface area is 64.9 Å². The number of aryl methyl sites for hydroxylation is 1. The van der Waals surface area contributed by atoms with Crippen molar-refractivity contribution in [2.24, 2.45) is 0 Å². The standard InChI is InChI=1S/C7H9N3O/c1-2-10-7(4-3-5-11)8-6-9-10/h6,11H,2,5H2,1H3. The number of nitrogens with zero attached hydrogens (tertiary/aromatic N) is 3. The van der Waals surface area contributed by atoms with Crippen LogP contribution in [0.1, 0.15) is 12.7 Å². The maximum atomic E-state index is 8.40. The van der Waals surface area contributed by atoms with E-state index >= 15 is 0 Å². The van der Waals surface area contributed by atoms with Crippen molar-refractivity contribution in [3.05, 3.63) is 12.2 Å². The van der Waals surface area contributed by atoms with Crippen molar-refractivity contribution < 1.29 is 5.11 Å². The van der Waals surface area contributed by atoms with Crippen LogP contribution in [0.4, 0.5) is 0 Å². The van der Waals surface area contributed by atoms with E-state index in [2.05, 4.69) is 21.9 Å². The fraction of sp³-hybridized carbons (Fsp3) is 0.429. The van der Waals surface area contributed by atoms with E-state index < -0.39 is 0 Å². The molecule has 58 valence electrons. The highest BCUT2D eigenvalue weighted by Crippen LogP contribution is 1.89. The molecule has 4 nitrogen and oxygen atoms in total. The van der Waals surface area contributed by atoms with Gasteiger partial charge in [0, 0.05) is 6.54 Å². The molecule has 0 amide bonds. The van der Waals surface area contributed by atoms with Gasteiger partial charge in [0.15, 0.2) is 0 Å². The summed E-state index contributed by atoms with van der Waals surface area (Å²) in [5.74, 6) is 5.79. The van der Waals surface area contributed by atoms with Crippen LogP contribution in [0.5, 0.6) is 0 Å². The lowest BCUT2D eigenvalue weighted by molar-refractivity contribution is 0.350. The summed E-state index contributed by atoms with van der Waals surface area (Å²) in [7, 11) is 0. The largest absolute Gasteiger partial charge is 0.384 e. The third-order valence-electron chi connectivity index (χ3n) is 1.19. The number of rotatable bonds is 1. The first-order chi connectivity index (χ1) is 5.38. The summed E-state index contributed by atoms with van der Waals surface area (Å²) >= 11 is 0. The molecule has 11 heavy (non-hydrogen) atoms. The summed E-state index contributed by atoms with van der Waals surface area (Å²) in [5.41, 5.74) is 0. The lowest BCUT2D eigenvalue weighted by Gasteiger charge is -1.92. The monoisotopic (exact) mass is 151 g/mol. The Morgan fingerprint density at radius 2 is 2.55 bits per heavy atom. The van der Waals surface area contributed by atoms with Gasteiger partial charge in [0.25, 0.3) is 0 Å². The number of hydrogen-bond acceptors (Lipinski definition) is 3. The molecule has 0 spiro atoms. The van der Waals surface area contributed by atoms with Crippen molar-refractivity contribution >= 4 is 0 Å². The van der Waals surface area contributed by atoms with Crippen molar-refractivity contribution in [2.45, 2.75) is 13.5 Å². The Hall–Kier alpha value is -1.34. The molecule has 0 atom stereocenters. The van der Waals surface area contributed by atoms with Crippen LogP contribution in [0, 0.1) is 11.8 Å². The molecule has 0 aliphatic rings. The van der Waals surface area contributed by atoms with Gasteiger partial charge in [0.05, 0.1) is 0 Å². The second-order valence-electron chi connectivity index (χ2n) is 1.86. The van der Waals surface area contributed by atoms with Gasteiger partial charge in [0.1, 0.15) is 12.9 Å². The SMILES string of the molecule is CCn1ncnc1C#CCO. The molecular weight excluding hydrogens is 142 g/mol. The average molecular weight is 151 g/mol. The molecule has 1 rings (SSSR count). The van der Waals surface area contributed by atoms with E-state index in [1.165, 1.54) is 6.33 Å². The van der Waals surface area contributed by atoms with Gasteiger partial charge >= 0.3 is 0 Å². The lowest BCUT2D eigenvalue weighted by Crippen LogP contribution is -1.99. The highest BCUT2D eigenvalue weighted by molar-refractivity contribution is 5.19. The molecule has 0 aliphatic heterocycles.